The molecule has 0 aromatic heterocycles. The molecular formula is C30H37N3O4. The van der Waals surface area contributed by atoms with Gasteiger partial charge in [0, 0.05) is 17.5 Å². The van der Waals surface area contributed by atoms with E-state index in [2.05, 4.69) is 31.4 Å². The molecule has 2 amide bonds. The summed E-state index contributed by atoms with van der Waals surface area (Å²) >= 11 is 0. The summed E-state index contributed by atoms with van der Waals surface area (Å²) in [5.74, 6) is 0.514. The van der Waals surface area contributed by atoms with Crippen LogP contribution in [0.2, 0.25) is 0 Å². The molecule has 0 unspecified atom stereocenters. The Morgan fingerprint density at radius 2 is 1.43 bits per heavy atom. The minimum atomic E-state index is -0.341. The van der Waals surface area contributed by atoms with Crippen LogP contribution < -0.4 is 25.8 Å². The molecule has 4 N–H and O–H groups in total. The van der Waals surface area contributed by atoms with E-state index in [-0.39, 0.29) is 22.6 Å². The smallest absolute Gasteiger partial charge is 0.259 e. The van der Waals surface area contributed by atoms with E-state index < -0.39 is 0 Å². The van der Waals surface area contributed by atoms with Crippen LogP contribution in [0.25, 0.3) is 0 Å². The highest BCUT2D eigenvalue weighted by Gasteiger charge is 2.23. The van der Waals surface area contributed by atoms with Crippen LogP contribution in [0.1, 0.15) is 60.9 Å². The molecule has 3 rings (SSSR count). The van der Waals surface area contributed by atoms with E-state index in [0.29, 0.717) is 47.2 Å². The zero-order chi connectivity index (χ0) is 27.2. The number of hydrogen-bond donors (Lipinski definition) is 3. The molecule has 3 aromatic carbocycles. The first kappa shape index (κ1) is 27.7. The minimum Gasteiger partial charge on any atom is -0.497 e. The normalized spacial score (nSPS) is 11.5. The first-order chi connectivity index (χ1) is 17.4. The zero-order valence-electron chi connectivity index (χ0n) is 22.5. The fourth-order valence-corrected chi connectivity index (χ4v) is 3.46. The number of hydrogen-bond acceptors (Lipinski definition) is 5. The molecule has 0 saturated carbocycles. The zero-order valence-corrected chi connectivity index (χ0v) is 22.5. The molecule has 3 aromatic rings. The standard InChI is InChI=1S/C30H37N3O4/c1-29(2,3)21-13-16-23(26(17-21)37-19-30(4,5)18-31)28(35)33-25-10-8-7-9-24(25)32-27(34)20-11-14-22(36-6)15-12-20/h7-17H,18-19,31H2,1-6H3,(H,32,34)(H,33,35). The number of carbonyl (C=O) groups excluding carboxylic acids is 2. The van der Waals surface area contributed by atoms with Crippen molar-refractivity contribution in [2.24, 2.45) is 11.1 Å². The lowest BCUT2D eigenvalue weighted by Crippen LogP contribution is -2.30. The van der Waals surface area contributed by atoms with Gasteiger partial charge in [0.1, 0.15) is 11.5 Å². The van der Waals surface area contributed by atoms with Crippen LogP contribution in [0.3, 0.4) is 0 Å². The second-order valence-electron chi connectivity index (χ2n) is 10.8. The van der Waals surface area contributed by atoms with Crippen molar-refractivity contribution < 1.29 is 19.1 Å². The van der Waals surface area contributed by atoms with E-state index in [9.17, 15) is 9.59 Å². The molecule has 7 heteroatoms. The molecule has 0 atom stereocenters. The van der Waals surface area contributed by atoms with Crippen LogP contribution >= 0.6 is 0 Å². The van der Waals surface area contributed by atoms with Crippen LogP contribution in [0.4, 0.5) is 11.4 Å². The average Bonchev–Trinajstić information content (AvgIpc) is 2.88. The van der Waals surface area contributed by atoms with Crippen molar-refractivity contribution in [2.75, 3.05) is 30.9 Å². The number of benzene rings is 3. The Balaban J connectivity index is 1.85. The summed E-state index contributed by atoms with van der Waals surface area (Å²) in [5.41, 5.74) is 8.40. The molecule has 0 radical (unpaired) electrons. The SMILES string of the molecule is COc1ccc(C(=O)Nc2ccccc2NC(=O)c2ccc(C(C)(C)C)cc2OCC(C)(C)CN)cc1. The molecular weight excluding hydrogens is 466 g/mol. The van der Waals surface area contributed by atoms with Crippen molar-refractivity contribution >= 4 is 23.2 Å². The van der Waals surface area contributed by atoms with Gasteiger partial charge in [0.05, 0.1) is 30.7 Å². The van der Waals surface area contributed by atoms with Gasteiger partial charge in [-0.1, -0.05) is 52.8 Å². The van der Waals surface area contributed by atoms with Gasteiger partial charge >= 0.3 is 0 Å². The summed E-state index contributed by atoms with van der Waals surface area (Å²) in [7, 11) is 1.57. The highest BCUT2D eigenvalue weighted by atomic mass is 16.5. The third-order valence-corrected chi connectivity index (χ3v) is 6.04. The van der Waals surface area contributed by atoms with Gasteiger partial charge in [-0.2, -0.15) is 0 Å². The molecule has 7 nitrogen and oxygen atoms in total. The molecule has 0 fully saturated rings. The fourth-order valence-electron chi connectivity index (χ4n) is 3.46. The lowest BCUT2D eigenvalue weighted by molar-refractivity contribution is 0.101. The van der Waals surface area contributed by atoms with Gasteiger partial charge in [0.25, 0.3) is 11.8 Å². The Morgan fingerprint density at radius 3 is 1.97 bits per heavy atom. The molecule has 0 aliphatic rings. The Morgan fingerprint density at radius 1 is 0.838 bits per heavy atom. The maximum Gasteiger partial charge on any atom is 0.259 e. The Hall–Kier alpha value is -3.84. The summed E-state index contributed by atoms with van der Waals surface area (Å²) in [5, 5.41) is 5.81. The van der Waals surface area contributed by atoms with Crippen LogP contribution in [0, 0.1) is 5.41 Å². The van der Waals surface area contributed by atoms with Crippen molar-refractivity contribution in [1.29, 1.82) is 0 Å². The minimum absolute atomic E-state index is 0.116. The second-order valence-corrected chi connectivity index (χ2v) is 10.8. The predicted molar refractivity (Wildman–Crippen MR) is 149 cm³/mol. The number of methoxy groups -OCH3 is 1. The first-order valence-corrected chi connectivity index (χ1v) is 12.3. The molecule has 0 spiro atoms. The number of carbonyl (C=O) groups is 2. The number of para-hydroxylation sites is 2. The van der Waals surface area contributed by atoms with Gasteiger partial charge in [0.15, 0.2) is 0 Å². The van der Waals surface area contributed by atoms with Gasteiger partial charge in [0.2, 0.25) is 0 Å². The van der Waals surface area contributed by atoms with Crippen LogP contribution in [0.15, 0.2) is 66.7 Å². The quantitative estimate of drug-likeness (QED) is 0.339. The summed E-state index contributed by atoms with van der Waals surface area (Å²) in [6.45, 7) is 11.2. The molecule has 0 heterocycles. The summed E-state index contributed by atoms with van der Waals surface area (Å²) in [4.78, 5) is 26.2. The lowest BCUT2D eigenvalue weighted by atomic mass is 9.86. The fraction of sp³-hybridized carbons (Fsp3) is 0.333. The van der Waals surface area contributed by atoms with Gasteiger partial charge in [-0.3, -0.25) is 9.59 Å². The van der Waals surface area contributed by atoms with E-state index in [1.165, 1.54) is 0 Å². The number of rotatable bonds is 9. The Kier molecular flexibility index (Phi) is 8.61. The number of nitrogens with two attached hydrogens (primary N) is 1. The van der Waals surface area contributed by atoms with Crippen LogP contribution in [-0.2, 0) is 5.41 Å². The van der Waals surface area contributed by atoms with E-state index in [1.807, 2.05) is 26.0 Å². The maximum absolute atomic E-state index is 13.4. The van der Waals surface area contributed by atoms with Crippen LogP contribution in [-0.4, -0.2) is 32.1 Å². The first-order valence-electron chi connectivity index (χ1n) is 12.3. The summed E-state index contributed by atoms with van der Waals surface area (Å²) in [6.07, 6.45) is 0. The van der Waals surface area contributed by atoms with Crippen molar-refractivity contribution in [3.63, 3.8) is 0 Å². The third-order valence-electron chi connectivity index (χ3n) is 6.04. The lowest BCUT2D eigenvalue weighted by Gasteiger charge is -2.25. The maximum atomic E-state index is 13.4. The molecule has 0 aliphatic carbocycles. The van der Waals surface area contributed by atoms with Crippen molar-refractivity contribution in [1.82, 2.24) is 0 Å². The van der Waals surface area contributed by atoms with Gasteiger partial charge < -0.3 is 25.8 Å². The molecule has 0 bridgehead atoms. The van der Waals surface area contributed by atoms with Crippen molar-refractivity contribution in [3.05, 3.63) is 83.4 Å². The van der Waals surface area contributed by atoms with Gasteiger partial charge in [-0.15, -0.1) is 0 Å². The van der Waals surface area contributed by atoms with E-state index in [1.54, 1.807) is 61.7 Å². The van der Waals surface area contributed by atoms with E-state index >= 15 is 0 Å². The Labute approximate surface area is 219 Å². The number of amides is 2. The monoisotopic (exact) mass is 503 g/mol. The molecule has 37 heavy (non-hydrogen) atoms. The average molecular weight is 504 g/mol. The second kappa shape index (κ2) is 11.5. The number of ether oxygens (including phenoxy) is 2. The molecule has 0 saturated heterocycles. The van der Waals surface area contributed by atoms with Gasteiger partial charge in [-0.05, 0) is 59.5 Å². The molecule has 0 aliphatic heterocycles. The molecule has 196 valence electrons. The van der Waals surface area contributed by atoms with Gasteiger partial charge in [-0.25, -0.2) is 0 Å². The highest BCUT2D eigenvalue weighted by molar-refractivity contribution is 6.10. The van der Waals surface area contributed by atoms with E-state index in [4.69, 9.17) is 15.2 Å². The highest BCUT2D eigenvalue weighted by Crippen LogP contribution is 2.31. The van der Waals surface area contributed by atoms with Crippen LogP contribution in [0.5, 0.6) is 11.5 Å². The number of anilines is 2. The van der Waals surface area contributed by atoms with Crippen molar-refractivity contribution in [3.8, 4) is 11.5 Å². The van der Waals surface area contributed by atoms with E-state index in [0.717, 1.165) is 5.56 Å². The third kappa shape index (κ3) is 7.33. The Bertz CT molecular complexity index is 1240. The number of nitrogens with one attached hydrogen (secondary N) is 2. The topological polar surface area (TPSA) is 103 Å². The largest absolute Gasteiger partial charge is 0.497 e. The summed E-state index contributed by atoms with van der Waals surface area (Å²) < 4.78 is 11.3. The predicted octanol–water partition coefficient (Wildman–Crippen LogP) is 5.86. The van der Waals surface area contributed by atoms with Crippen molar-refractivity contribution in [2.45, 2.75) is 40.0 Å². The summed E-state index contributed by atoms with van der Waals surface area (Å²) in [6, 6.07) is 19.5.